The Labute approximate surface area is 115 Å². The number of nitrogens with one attached hydrogen (secondary N) is 1. The average Bonchev–Trinajstić information content (AvgIpc) is 2.59. The number of nitrogens with zero attached hydrogens (tertiary/aromatic N) is 2. The van der Waals surface area contributed by atoms with Crippen LogP contribution in [-0.4, -0.2) is 25.1 Å². The zero-order valence-electron chi connectivity index (χ0n) is 10.2. The van der Waals surface area contributed by atoms with Gasteiger partial charge in [0.25, 0.3) is 5.56 Å². The zero-order chi connectivity index (χ0) is 13.4. The molecule has 0 aliphatic heterocycles. The molecule has 1 unspecified atom stereocenters. The van der Waals surface area contributed by atoms with Crippen molar-refractivity contribution in [2.45, 2.75) is 18.7 Å². The summed E-state index contributed by atoms with van der Waals surface area (Å²) in [7, 11) is 1.79. The van der Waals surface area contributed by atoms with Gasteiger partial charge >= 0.3 is 5.69 Å². The minimum atomic E-state index is -0.400. The van der Waals surface area contributed by atoms with Gasteiger partial charge in [-0.25, -0.2) is 4.79 Å². The van der Waals surface area contributed by atoms with Gasteiger partial charge in [0, 0.05) is 30.8 Å². The van der Waals surface area contributed by atoms with Crippen LogP contribution in [0, 0.1) is 6.92 Å². The molecule has 0 fully saturated rings. The van der Waals surface area contributed by atoms with E-state index in [2.05, 4.69) is 30.2 Å². The van der Waals surface area contributed by atoms with Crippen molar-refractivity contribution < 1.29 is 0 Å². The number of aromatic nitrogens is 3. The van der Waals surface area contributed by atoms with E-state index in [1.807, 2.05) is 13.1 Å². The molecule has 0 aliphatic rings. The second-order valence-electron chi connectivity index (χ2n) is 4.33. The fourth-order valence-corrected chi connectivity index (χ4v) is 2.31. The number of aromatic amines is 1. The highest BCUT2D eigenvalue weighted by molar-refractivity contribution is 7.84. The van der Waals surface area contributed by atoms with E-state index in [9.17, 15) is 9.59 Å². The predicted molar refractivity (Wildman–Crippen MR) is 79.2 cm³/mol. The van der Waals surface area contributed by atoms with Crippen LogP contribution in [0.3, 0.4) is 0 Å². The summed E-state index contributed by atoms with van der Waals surface area (Å²) in [6.45, 7) is 2.11. The molecule has 1 N–H and O–H groups in total. The van der Waals surface area contributed by atoms with Gasteiger partial charge in [-0.2, -0.15) is 25.3 Å². The highest BCUT2D eigenvalue weighted by Gasteiger charge is 2.14. The van der Waals surface area contributed by atoms with Crippen molar-refractivity contribution in [3.05, 3.63) is 32.6 Å². The number of thiol groups is 2. The SMILES string of the molecule is Cc1cn(C)c2c(=O)n(CC(S)CS)c(=O)[nH]c12. The molecule has 1 atom stereocenters. The first-order chi connectivity index (χ1) is 8.45. The van der Waals surface area contributed by atoms with Gasteiger partial charge in [-0.05, 0) is 12.5 Å². The Balaban J connectivity index is 2.73. The molecule has 2 heterocycles. The number of hydrogen-bond acceptors (Lipinski definition) is 4. The molecular weight excluding hydrogens is 270 g/mol. The first-order valence-electron chi connectivity index (χ1n) is 5.53. The lowest BCUT2D eigenvalue weighted by Crippen LogP contribution is -2.38. The lowest BCUT2D eigenvalue weighted by Gasteiger charge is -2.09. The molecule has 2 aromatic heterocycles. The van der Waals surface area contributed by atoms with E-state index in [1.165, 1.54) is 4.57 Å². The minimum Gasteiger partial charge on any atom is -0.345 e. The number of fused-ring (bicyclic) bond motifs is 1. The summed E-state index contributed by atoms with van der Waals surface area (Å²) in [6, 6.07) is 0. The molecule has 98 valence electrons. The average molecular weight is 285 g/mol. The molecule has 2 rings (SSSR count). The van der Waals surface area contributed by atoms with Crippen molar-refractivity contribution in [1.82, 2.24) is 14.1 Å². The maximum Gasteiger partial charge on any atom is 0.328 e. The molecule has 0 bridgehead atoms. The van der Waals surface area contributed by atoms with Crippen LogP contribution in [0.15, 0.2) is 15.8 Å². The van der Waals surface area contributed by atoms with Gasteiger partial charge in [0.15, 0.2) is 0 Å². The van der Waals surface area contributed by atoms with Gasteiger partial charge in [-0.15, -0.1) is 0 Å². The van der Waals surface area contributed by atoms with Crippen LogP contribution in [0.2, 0.25) is 0 Å². The van der Waals surface area contributed by atoms with Gasteiger partial charge in [0.2, 0.25) is 0 Å². The first-order valence-corrected chi connectivity index (χ1v) is 6.68. The van der Waals surface area contributed by atoms with Crippen molar-refractivity contribution >= 4 is 36.3 Å². The summed E-state index contributed by atoms with van der Waals surface area (Å²) >= 11 is 8.37. The lowest BCUT2D eigenvalue weighted by molar-refractivity contribution is 0.636. The number of H-pyrrole nitrogens is 1. The summed E-state index contributed by atoms with van der Waals surface area (Å²) < 4.78 is 2.91. The van der Waals surface area contributed by atoms with Crippen molar-refractivity contribution in [2.75, 3.05) is 5.75 Å². The molecule has 0 spiro atoms. The molecule has 0 aliphatic carbocycles. The molecule has 5 nitrogen and oxygen atoms in total. The zero-order valence-corrected chi connectivity index (χ0v) is 12.0. The van der Waals surface area contributed by atoms with Gasteiger partial charge in [-0.3, -0.25) is 9.36 Å². The molecule has 0 saturated carbocycles. The third-order valence-electron chi connectivity index (χ3n) is 2.90. The topological polar surface area (TPSA) is 59.8 Å². The van der Waals surface area contributed by atoms with Crippen LogP contribution in [-0.2, 0) is 13.6 Å². The van der Waals surface area contributed by atoms with E-state index in [4.69, 9.17) is 0 Å². The fraction of sp³-hybridized carbons (Fsp3) is 0.455. The molecule has 0 radical (unpaired) electrons. The van der Waals surface area contributed by atoms with E-state index < -0.39 is 5.69 Å². The summed E-state index contributed by atoms with van der Waals surface area (Å²) in [5, 5.41) is -0.133. The Morgan fingerprint density at radius 3 is 2.72 bits per heavy atom. The summed E-state index contributed by atoms with van der Waals surface area (Å²) in [4.78, 5) is 26.9. The molecule has 0 saturated heterocycles. The smallest absolute Gasteiger partial charge is 0.328 e. The van der Waals surface area contributed by atoms with Crippen LogP contribution in [0.5, 0.6) is 0 Å². The molecule has 0 aromatic carbocycles. The Morgan fingerprint density at radius 1 is 1.44 bits per heavy atom. The van der Waals surface area contributed by atoms with E-state index in [0.29, 0.717) is 16.8 Å². The van der Waals surface area contributed by atoms with Crippen LogP contribution < -0.4 is 11.2 Å². The quantitative estimate of drug-likeness (QED) is 0.722. The van der Waals surface area contributed by atoms with Crippen LogP contribution in [0.25, 0.3) is 11.0 Å². The van der Waals surface area contributed by atoms with Gasteiger partial charge in [-0.1, -0.05) is 0 Å². The molecule has 2 aromatic rings. The Hall–Kier alpha value is -1.08. The number of hydrogen-bond donors (Lipinski definition) is 3. The first kappa shape index (κ1) is 13.4. The van der Waals surface area contributed by atoms with Crippen molar-refractivity contribution in [1.29, 1.82) is 0 Å². The number of rotatable bonds is 3. The number of aryl methyl sites for hydroxylation is 2. The molecular formula is C11H15N3O2S2. The minimum absolute atomic E-state index is 0.133. The second kappa shape index (κ2) is 4.89. The molecule has 7 heteroatoms. The van der Waals surface area contributed by atoms with E-state index >= 15 is 0 Å². The highest BCUT2D eigenvalue weighted by atomic mass is 32.1. The van der Waals surface area contributed by atoms with Crippen molar-refractivity contribution in [3.8, 4) is 0 Å². The summed E-state index contributed by atoms with van der Waals surface area (Å²) in [5.74, 6) is 0.499. The predicted octanol–water partition coefficient (Wildman–Crippen LogP) is 0.565. The van der Waals surface area contributed by atoms with Crippen molar-refractivity contribution in [3.63, 3.8) is 0 Å². The van der Waals surface area contributed by atoms with Crippen LogP contribution in [0.4, 0.5) is 0 Å². The maximum atomic E-state index is 12.3. The Kier molecular flexibility index (Phi) is 3.63. The second-order valence-corrected chi connectivity index (χ2v) is 5.42. The summed E-state index contributed by atoms with van der Waals surface area (Å²) in [5.41, 5.74) is 1.30. The normalized spacial score (nSPS) is 13.1. The van der Waals surface area contributed by atoms with E-state index in [1.54, 1.807) is 11.6 Å². The Bertz CT molecular complexity index is 699. The standard InChI is InChI=1S/C11H15N3O2S2/c1-6-3-13(2)9-8(6)12-11(16)14(10(9)15)4-7(18)5-17/h3,7,17-18H,4-5H2,1-2H3,(H,12,16). The van der Waals surface area contributed by atoms with Crippen LogP contribution in [0.1, 0.15) is 5.56 Å². The maximum absolute atomic E-state index is 12.3. The fourth-order valence-electron chi connectivity index (χ4n) is 2.03. The third kappa shape index (κ3) is 2.12. The van der Waals surface area contributed by atoms with Gasteiger partial charge in [0.1, 0.15) is 5.52 Å². The third-order valence-corrected chi connectivity index (χ3v) is 3.97. The van der Waals surface area contributed by atoms with E-state index in [-0.39, 0.29) is 17.4 Å². The lowest BCUT2D eigenvalue weighted by atomic mass is 10.3. The van der Waals surface area contributed by atoms with Gasteiger partial charge in [0.05, 0.1) is 5.52 Å². The highest BCUT2D eigenvalue weighted by Crippen LogP contribution is 2.12. The van der Waals surface area contributed by atoms with Gasteiger partial charge < -0.3 is 9.55 Å². The Morgan fingerprint density at radius 2 is 2.11 bits per heavy atom. The summed E-state index contributed by atoms with van der Waals surface area (Å²) in [6.07, 6.45) is 1.82. The largest absolute Gasteiger partial charge is 0.345 e. The molecule has 18 heavy (non-hydrogen) atoms. The van der Waals surface area contributed by atoms with E-state index in [0.717, 1.165) is 5.56 Å². The van der Waals surface area contributed by atoms with Crippen molar-refractivity contribution in [2.24, 2.45) is 7.05 Å². The van der Waals surface area contributed by atoms with Crippen LogP contribution >= 0.6 is 25.3 Å². The molecule has 0 amide bonds. The monoisotopic (exact) mass is 285 g/mol.